The van der Waals surface area contributed by atoms with Gasteiger partial charge in [-0.3, -0.25) is 0 Å². The molecule has 2 nitrogen and oxygen atoms in total. The molecule has 0 aliphatic heterocycles. The third-order valence-corrected chi connectivity index (χ3v) is 2.80. The van der Waals surface area contributed by atoms with Crippen LogP contribution in [0.4, 0.5) is 10.1 Å². The number of benzene rings is 1. The van der Waals surface area contributed by atoms with Crippen molar-refractivity contribution in [1.82, 2.24) is 4.98 Å². The lowest BCUT2D eigenvalue weighted by Crippen LogP contribution is -2.00. The van der Waals surface area contributed by atoms with Gasteiger partial charge in [-0.05, 0) is 42.7 Å². The van der Waals surface area contributed by atoms with E-state index in [2.05, 4.69) is 42.3 Å². The van der Waals surface area contributed by atoms with Gasteiger partial charge in [-0.1, -0.05) is 18.2 Å². The molecule has 0 saturated carbocycles. The van der Waals surface area contributed by atoms with E-state index in [0.717, 1.165) is 5.69 Å². The Hall–Kier alpha value is -1.90. The van der Waals surface area contributed by atoms with Gasteiger partial charge in [0, 0.05) is 6.54 Å². The first-order valence-corrected chi connectivity index (χ1v) is 5.57. The van der Waals surface area contributed by atoms with Gasteiger partial charge in [0.05, 0.1) is 11.9 Å². The predicted molar refractivity (Wildman–Crippen MR) is 67.4 cm³/mol. The fourth-order valence-electron chi connectivity index (χ4n) is 1.60. The minimum Gasteiger partial charge on any atom is -0.380 e. The number of aryl methyl sites for hydroxylation is 2. The zero-order chi connectivity index (χ0) is 12.3. The number of hydrogen-bond donors (Lipinski definition) is 1. The van der Waals surface area contributed by atoms with Crippen LogP contribution in [-0.4, -0.2) is 4.98 Å². The van der Waals surface area contributed by atoms with Crippen molar-refractivity contribution in [3.8, 4) is 0 Å². The predicted octanol–water partition coefficient (Wildman–Crippen LogP) is 3.45. The summed E-state index contributed by atoms with van der Waals surface area (Å²) in [6.07, 6.45) is 1.50. The van der Waals surface area contributed by atoms with E-state index in [1.165, 1.54) is 29.0 Å². The Morgan fingerprint density at radius 3 is 2.59 bits per heavy atom. The van der Waals surface area contributed by atoms with Crippen LogP contribution >= 0.6 is 0 Å². The summed E-state index contributed by atoms with van der Waals surface area (Å²) in [4.78, 5) is 3.59. The minimum atomic E-state index is -0.457. The standard InChI is InChI=1S/C14H15FN2/c1-10-3-4-12(7-11(10)2)8-16-13-5-6-14(15)17-9-13/h3-7,9,16H,8H2,1-2H3. The summed E-state index contributed by atoms with van der Waals surface area (Å²) in [6, 6.07) is 9.38. The average Bonchev–Trinajstić information content (AvgIpc) is 2.33. The monoisotopic (exact) mass is 230 g/mol. The molecule has 0 atom stereocenters. The van der Waals surface area contributed by atoms with Gasteiger partial charge in [-0.25, -0.2) is 4.98 Å². The smallest absolute Gasteiger partial charge is 0.212 e. The molecule has 0 spiro atoms. The van der Waals surface area contributed by atoms with Crippen molar-refractivity contribution in [2.75, 3.05) is 5.32 Å². The molecule has 0 saturated heterocycles. The Morgan fingerprint density at radius 1 is 1.12 bits per heavy atom. The summed E-state index contributed by atoms with van der Waals surface area (Å²) in [6.45, 7) is 4.91. The van der Waals surface area contributed by atoms with E-state index in [1.807, 2.05) is 0 Å². The molecule has 0 aliphatic rings. The molecule has 2 aromatic rings. The van der Waals surface area contributed by atoms with Crippen LogP contribution in [-0.2, 0) is 6.54 Å². The summed E-state index contributed by atoms with van der Waals surface area (Å²) in [7, 11) is 0. The van der Waals surface area contributed by atoms with E-state index < -0.39 is 5.95 Å². The first-order valence-electron chi connectivity index (χ1n) is 5.57. The van der Waals surface area contributed by atoms with E-state index >= 15 is 0 Å². The maximum absolute atomic E-state index is 12.6. The topological polar surface area (TPSA) is 24.9 Å². The van der Waals surface area contributed by atoms with Crippen molar-refractivity contribution in [3.05, 3.63) is 59.2 Å². The Balaban J connectivity index is 2.02. The summed E-state index contributed by atoms with van der Waals surface area (Å²) < 4.78 is 12.6. The molecule has 0 amide bonds. The van der Waals surface area contributed by atoms with Crippen LogP contribution in [0.5, 0.6) is 0 Å². The molecule has 2 rings (SSSR count). The summed E-state index contributed by atoms with van der Waals surface area (Å²) in [5.41, 5.74) is 4.60. The molecule has 88 valence electrons. The summed E-state index contributed by atoms with van der Waals surface area (Å²) >= 11 is 0. The SMILES string of the molecule is Cc1ccc(CNc2ccc(F)nc2)cc1C. The molecular formula is C14H15FN2. The van der Waals surface area contributed by atoms with Crippen LogP contribution in [0.3, 0.4) is 0 Å². The van der Waals surface area contributed by atoms with E-state index in [1.54, 1.807) is 6.07 Å². The number of nitrogens with zero attached hydrogens (tertiary/aromatic N) is 1. The lowest BCUT2D eigenvalue weighted by Gasteiger charge is -2.08. The number of aromatic nitrogens is 1. The van der Waals surface area contributed by atoms with Crippen molar-refractivity contribution in [2.24, 2.45) is 0 Å². The quantitative estimate of drug-likeness (QED) is 0.817. The van der Waals surface area contributed by atoms with Crippen molar-refractivity contribution >= 4 is 5.69 Å². The summed E-state index contributed by atoms with van der Waals surface area (Å²) in [5, 5.41) is 3.21. The molecule has 1 N–H and O–H groups in total. The van der Waals surface area contributed by atoms with Crippen LogP contribution in [0.2, 0.25) is 0 Å². The highest BCUT2D eigenvalue weighted by atomic mass is 19.1. The maximum atomic E-state index is 12.6. The zero-order valence-corrected chi connectivity index (χ0v) is 10.00. The van der Waals surface area contributed by atoms with E-state index in [-0.39, 0.29) is 0 Å². The second kappa shape index (κ2) is 4.95. The highest BCUT2D eigenvalue weighted by molar-refractivity contribution is 5.41. The van der Waals surface area contributed by atoms with Gasteiger partial charge >= 0.3 is 0 Å². The first-order chi connectivity index (χ1) is 8.15. The van der Waals surface area contributed by atoms with Crippen LogP contribution in [0.1, 0.15) is 16.7 Å². The van der Waals surface area contributed by atoms with Crippen LogP contribution in [0, 0.1) is 19.8 Å². The van der Waals surface area contributed by atoms with Gasteiger partial charge < -0.3 is 5.32 Å². The lowest BCUT2D eigenvalue weighted by molar-refractivity contribution is 0.584. The number of rotatable bonds is 3. The highest BCUT2D eigenvalue weighted by Gasteiger charge is 1.98. The lowest BCUT2D eigenvalue weighted by atomic mass is 10.1. The average molecular weight is 230 g/mol. The Morgan fingerprint density at radius 2 is 1.94 bits per heavy atom. The van der Waals surface area contributed by atoms with E-state index in [9.17, 15) is 4.39 Å². The normalized spacial score (nSPS) is 10.3. The first kappa shape index (κ1) is 11.6. The highest BCUT2D eigenvalue weighted by Crippen LogP contribution is 2.12. The molecule has 0 aliphatic carbocycles. The van der Waals surface area contributed by atoms with Crippen LogP contribution in [0.15, 0.2) is 36.5 Å². The molecule has 0 unspecified atom stereocenters. The van der Waals surface area contributed by atoms with Crippen molar-refractivity contribution in [3.63, 3.8) is 0 Å². The van der Waals surface area contributed by atoms with Gasteiger partial charge in [0.1, 0.15) is 0 Å². The molecule has 0 radical (unpaired) electrons. The molecular weight excluding hydrogens is 215 g/mol. The largest absolute Gasteiger partial charge is 0.380 e. The molecule has 0 bridgehead atoms. The number of anilines is 1. The van der Waals surface area contributed by atoms with Crippen LogP contribution in [0.25, 0.3) is 0 Å². The van der Waals surface area contributed by atoms with Crippen LogP contribution < -0.4 is 5.32 Å². The Bertz CT molecular complexity index is 506. The second-order valence-corrected chi connectivity index (χ2v) is 4.14. The number of hydrogen-bond acceptors (Lipinski definition) is 2. The fourth-order valence-corrected chi connectivity index (χ4v) is 1.60. The van der Waals surface area contributed by atoms with Gasteiger partial charge in [-0.2, -0.15) is 4.39 Å². The van der Waals surface area contributed by atoms with Gasteiger partial charge in [0.2, 0.25) is 5.95 Å². The molecule has 1 aromatic heterocycles. The second-order valence-electron chi connectivity index (χ2n) is 4.14. The van der Waals surface area contributed by atoms with Gasteiger partial charge in [-0.15, -0.1) is 0 Å². The number of pyridine rings is 1. The molecule has 3 heteroatoms. The third kappa shape index (κ3) is 3.03. The Labute approximate surface area is 101 Å². The minimum absolute atomic E-state index is 0.457. The van der Waals surface area contributed by atoms with Crippen molar-refractivity contribution in [1.29, 1.82) is 0 Å². The fraction of sp³-hybridized carbons (Fsp3) is 0.214. The molecule has 0 fully saturated rings. The molecule has 1 heterocycles. The van der Waals surface area contributed by atoms with Crippen molar-refractivity contribution in [2.45, 2.75) is 20.4 Å². The molecule has 17 heavy (non-hydrogen) atoms. The van der Waals surface area contributed by atoms with Gasteiger partial charge in [0.25, 0.3) is 0 Å². The third-order valence-electron chi connectivity index (χ3n) is 2.80. The van der Waals surface area contributed by atoms with Gasteiger partial charge in [0.15, 0.2) is 0 Å². The van der Waals surface area contributed by atoms with E-state index in [0.29, 0.717) is 6.54 Å². The zero-order valence-electron chi connectivity index (χ0n) is 10.00. The number of halogens is 1. The maximum Gasteiger partial charge on any atom is 0.212 e. The van der Waals surface area contributed by atoms with E-state index in [4.69, 9.17) is 0 Å². The van der Waals surface area contributed by atoms with Crippen molar-refractivity contribution < 1.29 is 4.39 Å². The molecule has 1 aromatic carbocycles. The summed E-state index contributed by atoms with van der Waals surface area (Å²) in [5.74, 6) is -0.457. The number of nitrogens with one attached hydrogen (secondary N) is 1. The Kier molecular flexibility index (Phi) is 3.38.